The second-order valence-corrected chi connectivity index (χ2v) is 6.87. The van der Waals surface area contributed by atoms with E-state index in [1.807, 2.05) is 12.3 Å². The molecule has 2 rings (SSSR count). The van der Waals surface area contributed by atoms with Gasteiger partial charge in [-0.1, -0.05) is 0 Å². The third kappa shape index (κ3) is 2.95. The Morgan fingerprint density at radius 3 is 2.78 bits per heavy atom. The predicted octanol–water partition coefficient (Wildman–Crippen LogP) is 3.48. The molecule has 5 heteroatoms. The third-order valence-electron chi connectivity index (χ3n) is 3.50. The summed E-state index contributed by atoms with van der Waals surface area (Å²) in [5, 5.41) is 0. The number of nitrogens with two attached hydrogens (primary N) is 1. The maximum atomic E-state index is 6.33. The summed E-state index contributed by atoms with van der Waals surface area (Å²) >= 11 is 7.05. The van der Waals surface area contributed by atoms with Crippen molar-refractivity contribution in [3.05, 3.63) is 26.9 Å². The molecule has 0 bridgehead atoms. The lowest BCUT2D eigenvalue weighted by Gasteiger charge is -2.42. The molecule has 100 valence electrons. The van der Waals surface area contributed by atoms with E-state index in [1.165, 1.54) is 6.42 Å². The molecule has 0 spiro atoms. The molecule has 1 saturated heterocycles. The molecule has 2 atom stereocenters. The van der Waals surface area contributed by atoms with E-state index in [0.29, 0.717) is 6.04 Å². The standard InChI is InChI=1S/C13H19Br2N3/c1-8(2)18-5-3-4-11(16)13(18)12-10(15)6-9(14)7-17-12/h6-8,11,13H,3-5,16H2,1-2H3. The first kappa shape index (κ1) is 14.4. The van der Waals surface area contributed by atoms with Crippen LogP contribution in [0.1, 0.15) is 38.4 Å². The van der Waals surface area contributed by atoms with E-state index in [9.17, 15) is 0 Å². The van der Waals surface area contributed by atoms with E-state index in [4.69, 9.17) is 5.73 Å². The fraction of sp³-hybridized carbons (Fsp3) is 0.615. The molecule has 1 aliphatic rings. The van der Waals surface area contributed by atoms with Gasteiger partial charge >= 0.3 is 0 Å². The molecule has 1 aromatic heterocycles. The van der Waals surface area contributed by atoms with E-state index in [0.717, 1.165) is 27.6 Å². The fourth-order valence-corrected chi connectivity index (χ4v) is 3.86. The van der Waals surface area contributed by atoms with E-state index in [-0.39, 0.29) is 12.1 Å². The SMILES string of the molecule is CC(C)N1CCCC(N)C1c1ncc(Br)cc1Br. The second-order valence-electron chi connectivity index (χ2n) is 5.10. The molecule has 2 heterocycles. The first-order valence-corrected chi connectivity index (χ1v) is 7.91. The van der Waals surface area contributed by atoms with Gasteiger partial charge in [0.05, 0.1) is 11.7 Å². The van der Waals surface area contributed by atoms with Crippen LogP contribution in [0.4, 0.5) is 0 Å². The van der Waals surface area contributed by atoms with Crippen molar-refractivity contribution in [2.75, 3.05) is 6.54 Å². The van der Waals surface area contributed by atoms with Gasteiger partial charge in [0.2, 0.25) is 0 Å². The Bertz CT molecular complexity index is 423. The zero-order valence-electron chi connectivity index (χ0n) is 10.7. The van der Waals surface area contributed by atoms with Gasteiger partial charge in [0, 0.05) is 27.2 Å². The Morgan fingerprint density at radius 1 is 1.44 bits per heavy atom. The zero-order valence-corrected chi connectivity index (χ0v) is 13.9. The molecular weight excluding hydrogens is 358 g/mol. The van der Waals surface area contributed by atoms with E-state index in [1.54, 1.807) is 0 Å². The lowest BCUT2D eigenvalue weighted by atomic mass is 9.92. The molecule has 3 nitrogen and oxygen atoms in total. The van der Waals surface area contributed by atoms with Crippen molar-refractivity contribution in [1.29, 1.82) is 0 Å². The summed E-state index contributed by atoms with van der Waals surface area (Å²) in [6.07, 6.45) is 4.09. The van der Waals surface area contributed by atoms with Crippen molar-refractivity contribution in [3.8, 4) is 0 Å². The Kier molecular flexibility index (Phi) is 4.80. The van der Waals surface area contributed by atoms with Crippen molar-refractivity contribution in [2.45, 2.75) is 44.8 Å². The quantitative estimate of drug-likeness (QED) is 0.859. The van der Waals surface area contributed by atoms with Crippen LogP contribution in [0.5, 0.6) is 0 Å². The largest absolute Gasteiger partial charge is 0.326 e. The summed E-state index contributed by atoms with van der Waals surface area (Å²) in [6.45, 7) is 5.54. The fourth-order valence-electron chi connectivity index (χ4n) is 2.63. The van der Waals surface area contributed by atoms with E-state index in [2.05, 4.69) is 55.6 Å². The molecule has 0 aliphatic carbocycles. The summed E-state index contributed by atoms with van der Waals surface area (Å²) in [5.74, 6) is 0. The minimum Gasteiger partial charge on any atom is -0.326 e. The van der Waals surface area contributed by atoms with Crippen LogP contribution >= 0.6 is 31.9 Å². The van der Waals surface area contributed by atoms with Crippen LogP contribution in [-0.4, -0.2) is 28.5 Å². The van der Waals surface area contributed by atoms with Crippen molar-refractivity contribution in [1.82, 2.24) is 9.88 Å². The van der Waals surface area contributed by atoms with Gasteiger partial charge in [0.1, 0.15) is 0 Å². The Hall–Kier alpha value is 0.0300. The Labute approximate surface area is 125 Å². The van der Waals surface area contributed by atoms with E-state index >= 15 is 0 Å². The van der Waals surface area contributed by atoms with Crippen LogP contribution in [0, 0.1) is 0 Å². The first-order chi connectivity index (χ1) is 8.50. The highest BCUT2D eigenvalue weighted by Gasteiger charge is 2.33. The van der Waals surface area contributed by atoms with Crippen LogP contribution in [0.15, 0.2) is 21.2 Å². The van der Waals surface area contributed by atoms with Gasteiger partial charge in [0.25, 0.3) is 0 Å². The molecular formula is C13H19Br2N3. The average molecular weight is 377 g/mol. The molecule has 2 N–H and O–H groups in total. The highest BCUT2D eigenvalue weighted by molar-refractivity contribution is 9.11. The van der Waals surface area contributed by atoms with E-state index < -0.39 is 0 Å². The van der Waals surface area contributed by atoms with Gasteiger partial charge < -0.3 is 5.73 Å². The Morgan fingerprint density at radius 2 is 2.17 bits per heavy atom. The van der Waals surface area contributed by atoms with Crippen molar-refractivity contribution in [3.63, 3.8) is 0 Å². The van der Waals surface area contributed by atoms with Crippen molar-refractivity contribution in [2.24, 2.45) is 5.73 Å². The van der Waals surface area contributed by atoms with Gasteiger partial charge in [-0.05, 0) is 71.2 Å². The monoisotopic (exact) mass is 375 g/mol. The number of hydrogen-bond donors (Lipinski definition) is 1. The van der Waals surface area contributed by atoms with Gasteiger partial charge in [-0.3, -0.25) is 9.88 Å². The number of nitrogens with zero attached hydrogens (tertiary/aromatic N) is 2. The van der Waals surface area contributed by atoms with Gasteiger partial charge in [-0.25, -0.2) is 0 Å². The summed E-state index contributed by atoms with van der Waals surface area (Å²) < 4.78 is 2.02. The molecule has 2 unspecified atom stereocenters. The van der Waals surface area contributed by atoms with Crippen LogP contribution in [0.2, 0.25) is 0 Å². The van der Waals surface area contributed by atoms with Crippen molar-refractivity contribution < 1.29 is 0 Å². The minimum absolute atomic E-state index is 0.158. The summed E-state index contributed by atoms with van der Waals surface area (Å²) in [7, 11) is 0. The highest BCUT2D eigenvalue weighted by Crippen LogP contribution is 2.35. The van der Waals surface area contributed by atoms with Crippen LogP contribution in [0.25, 0.3) is 0 Å². The van der Waals surface area contributed by atoms with Crippen molar-refractivity contribution >= 4 is 31.9 Å². The first-order valence-electron chi connectivity index (χ1n) is 6.33. The molecule has 1 aliphatic heterocycles. The molecule has 0 aromatic carbocycles. The number of aromatic nitrogens is 1. The second kappa shape index (κ2) is 5.99. The topological polar surface area (TPSA) is 42.1 Å². The zero-order chi connectivity index (χ0) is 13.3. The lowest BCUT2D eigenvalue weighted by molar-refractivity contribution is 0.0914. The van der Waals surface area contributed by atoms with Crippen LogP contribution < -0.4 is 5.73 Å². The van der Waals surface area contributed by atoms with Gasteiger partial charge in [-0.2, -0.15) is 0 Å². The maximum Gasteiger partial charge on any atom is 0.0733 e. The normalized spacial score (nSPS) is 25.7. The van der Waals surface area contributed by atoms with Crippen LogP contribution in [-0.2, 0) is 0 Å². The number of rotatable bonds is 2. The number of piperidine rings is 1. The smallest absolute Gasteiger partial charge is 0.0733 e. The molecule has 0 radical (unpaired) electrons. The minimum atomic E-state index is 0.158. The molecule has 0 amide bonds. The number of hydrogen-bond acceptors (Lipinski definition) is 3. The number of pyridine rings is 1. The Balaban J connectivity index is 2.37. The lowest BCUT2D eigenvalue weighted by Crippen LogP contribution is -2.49. The molecule has 18 heavy (non-hydrogen) atoms. The highest BCUT2D eigenvalue weighted by atomic mass is 79.9. The molecule has 1 aromatic rings. The predicted molar refractivity (Wildman–Crippen MR) is 81.4 cm³/mol. The number of likely N-dealkylation sites (tertiary alicyclic amines) is 1. The van der Waals surface area contributed by atoms with Gasteiger partial charge in [0.15, 0.2) is 0 Å². The summed E-state index contributed by atoms with van der Waals surface area (Å²) in [5.41, 5.74) is 7.39. The number of halogens is 2. The van der Waals surface area contributed by atoms with Crippen LogP contribution in [0.3, 0.4) is 0 Å². The summed E-state index contributed by atoms with van der Waals surface area (Å²) in [4.78, 5) is 7.02. The third-order valence-corrected chi connectivity index (χ3v) is 4.57. The molecule has 0 saturated carbocycles. The summed E-state index contributed by atoms with van der Waals surface area (Å²) in [6, 6.07) is 2.90. The molecule has 1 fully saturated rings. The average Bonchev–Trinajstić information content (AvgIpc) is 2.29. The van der Waals surface area contributed by atoms with Gasteiger partial charge in [-0.15, -0.1) is 0 Å². The maximum absolute atomic E-state index is 6.33.